The van der Waals surface area contributed by atoms with Gasteiger partial charge in [-0.2, -0.15) is 5.26 Å². The number of aromatic nitrogens is 1. The van der Waals surface area contributed by atoms with Crippen LogP contribution in [-0.2, 0) is 0 Å². The summed E-state index contributed by atoms with van der Waals surface area (Å²) in [5.41, 5.74) is 3.53. The van der Waals surface area contributed by atoms with Crippen molar-refractivity contribution >= 4 is 10.9 Å². The van der Waals surface area contributed by atoms with E-state index in [9.17, 15) is 9.90 Å². The molecule has 0 fully saturated rings. The molecule has 0 spiro atoms. The van der Waals surface area contributed by atoms with Crippen LogP contribution in [0.2, 0.25) is 0 Å². The number of aromatic amines is 1. The molecule has 0 aliphatic rings. The molecule has 0 saturated carbocycles. The highest BCUT2D eigenvalue weighted by molar-refractivity contribution is 5.86. The zero-order chi connectivity index (χ0) is 15.9. The van der Waals surface area contributed by atoms with Crippen molar-refractivity contribution in [3.8, 4) is 23.1 Å². The van der Waals surface area contributed by atoms with E-state index in [-0.39, 0.29) is 5.75 Å². The highest BCUT2D eigenvalue weighted by atomic mass is 16.3. The third-order valence-electron chi connectivity index (χ3n) is 3.75. The summed E-state index contributed by atoms with van der Waals surface area (Å²) in [6.45, 7) is 3.76. The second kappa shape index (κ2) is 5.05. The van der Waals surface area contributed by atoms with E-state index in [1.807, 2.05) is 38.1 Å². The lowest BCUT2D eigenvalue weighted by atomic mass is 10.0. The van der Waals surface area contributed by atoms with E-state index in [0.717, 1.165) is 16.7 Å². The first-order valence-electron chi connectivity index (χ1n) is 6.88. The zero-order valence-electron chi connectivity index (χ0n) is 12.3. The van der Waals surface area contributed by atoms with Crippen LogP contribution < -0.4 is 5.43 Å². The monoisotopic (exact) mass is 290 g/mol. The molecule has 4 heteroatoms. The van der Waals surface area contributed by atoms with Gasteiger partial charge in [-0.1, -0.05) is 23.8 Å². The van der Waals surface area contributed by atoms with E-state index in [1.54, 1.807) is 6.07 Å². The van der Waals surface area contributed by atoms with E-state index >= 15 is 0 Å². The van der Waals surface area contributed by atoms with Crippen molar-refractivity contribution in [2.24, 2.45) is 0 Å². The predicted molar refractivity (Wildman–Crippen MR) is 85.9 cm³/mol. The van der Waals surface area contributed by atoms with Crippen molar-refractivity contribution < 1.29 is 5.11 Å². The van der Waals surface area contributed by atoms with E-state index in [1.165, 1.54) is 6.07 Å². The van der Waals surface area contributed by atoms with Crippen LogP contribution >= 0.6 is 0 Å². The second-order valence-corrected chi connectivity index (χ2v) is 5.37. The number of benzene rings is 2. The summed E-state index contributed by atoms with van der Waals surface area (Å²) >= 11 is 0. The summed E-state index contributed by atoms with van der Waals surface area (Å²) in [5, 5.41) is 19.6. The van der Waals surface area contributed by atoms with Gasteiger partial charge in [0.15, 0.2) is 5.75 Å². The first-order chi connectivity index (χ1) is 10.5. The molecule has 0 aliphatic carbocycles. The van der Waals surface area contributed by atoms with Crippen LogP contribution in [0.1, 0.15) is 16.7 Å². The van der Waals surface area contributed by atoms with Crippen molar-refractivity contribution in [1.29, 1.82) is 5.26 Å². The van der Waals surface area contributed by atoms with Gasteiger partial charge in [-0.05, 0) is 37.6 Å². The molecule has 2 N–H and O–H groups in total. The summed E-state index contributed by atoms with van der Waals surface area (Å²) in [6.07, 6.45) is 0. The van der Waals surface area contributed by atoms with Crippen LogP contribution in [0.3, 0.4) is 0 Å². The maximum Gasteiger partial charge on any atom is 0.231 e. The maximum absolute atomic E-state index is 12.4. The van der Waals surface area contributed by atoms with E-state index in [0.29, 0.717) is 22.2 Å². The SMILES string of the molecule is Cc1cccc(-c2[nH]c3cc(C)c(C#N)cc3c(=O)c2O)c1. The smallest absolute Gasteiger partial charge is 0.231 e. The normalized spacial score (nSPS) is 10.6. The minimum absolute atomic E-state index is 0.316. The molecule has 3 aromatic rings. The Hall–Kier alpha value is -3.06. The van der Waals surface area contributed by atoms with Crippen molar-refractivity contribution in [3.05, 3.63) is 63.3 Å². The van der Waals surface area contributed by atoms with Gasteiger partial charge in [-0.25, -0.2) is 0 Å². The number of H-pyrrole nitrogens is 1. The molecule has 0 unspecified atom stereocenters. The van der Waals surface area contributed by atoms with E-state index < -0.39 is 5.43 Å². The summed E-state index contributed by atoms with van der Waals surface area (Å²) in [4.78, 5) is 15.5. The summed E-state index contributed by atoms with van der Waals surface area (Å²) in [6, 6.07) is 12.9. The van der Waals surface area contributed by atoms with Gasteiger partial charge in [0.2, 0.25) is 5.43 Å². The number of nitriles is 1. The average molecular weight is 290 g/mol. The Morgan fingerprint density at radius 3 is 2.64 bits per heavy atom. The second-order valence-electron chi connectivity index (χ2n) is 5.37. The number of nitrogens with zero attached hydrogens (tertiary/aromatic N) is 1. The molecule has 4 nitrogen and oxygen atoms in total. The Morgan fingerprint density at radius 2 is 1.95 bits per heavy atom. The van der Waals surface area contributed by atoms with Gasteiger partial charge in [0.25, 0.3) is 0 Å². The molecule has 1 aromatic heterocycles. The van der Waals surface area contributed by atoms with Gasteiger partial charge in [0.05, 0.1) is 28.2 Å². The molecule has 2 aromatic carbocycles. The van der Waals surface area contributed by atoms with Crippen LogP contribution in [0, 0.1) is 25.2 Å². The first kappa shape index (κ1) is 13.9. The predicted octanol–water partition coefficient (Wildman–Crippen LogP) is 3.39. The Labute approximate surface area is 127 Å². The third-order valence-corrected chi connectivity index (χ3v) is 3.75. The number of pyridine rings is 1. The molecule has 0 atom stereocenters. The number of rotatable bonds is 1. The minimum atomic E-state index is -0.471. The Bertz CT molecular complexity index is 994. The van der Waals surface area contributed by atoms with Crippen LogP contribution in [0.15, 0.2) is 41.2 Å². The summed E-state index contributed by atoms with van der Waals surface area (Å²) in [5.74, 6) is -0.328. The fraction of sp³-hybridized carbons (Fsp3) is 0.111. The minimum Gasteiger partial charge on any atom is -0.503 e. The number of nitrogens with one attached hydrogen (secondary N) is 1. The third kappa shape index (κ3) is 2.13. The van der Waals surface area contributed by atoms with Gasteiger partial charge >= 0.3 is 0 Å². The van der Waals surface area contributed by atoms with Gasteiger partial charge < -0.3 is 10.1 Å². The molecule has 1 heterocycles. The van der Waals surface area contributed by atoms with Crippen LogP contribution in [-0.4, -0.2) is 10.1 Å². The van der Waals surface area contributed by atoms with Crippen LogP contribution in [0.25, 0.3) is 22.2 Å². The zero-order valence-corrected chi connectivity index (χ0v) is 12.3. The fourth-order valence-electron chi connectivity index (χ4n) is 2.56. The molecule has 3 rings (SSSR count). The van der Waals surface area contributed by atoms with Crippen molar-refractivity contribution in [2.45, 2.75) is 13.8 Å². The van der Waals surface area contributed by atoms with E-state index in [4.69, 9.17) is 5.26 Å². The summed E-state index contributed by atoms with van der Waals surface area (Å²) in [7, 11) is 0. The summed E-state index contributed by atoms with van der Waals surface area (Å²) < 4.78 is 0. The lowest BCUT2D eigenvalue weighted by molar-refractivity contribution is 0.471. The molecular formula is C18H14N2O2. The van der Waals surface area contributed by atoms with Crippen molar-refractivity contribution in [3.63, 3.8) is 0 Å². The Balaban J connectivity index is 2.38. The van der Waals surface area contributed by atoms with Gasteiger partial charge in [0, 0.05) is 5.56 Å². The number of aryl methyl sites for hydroxylation is 2. The number of hydrogen-bond acceptors (Lipinski definition) is 3. The molecule has 0 amide bonds. The van der Waals surface area contributed by atoms with E-state index in [2.05, 4.69) is 11.1 Å². The molecule has 0 radical (unpaired) electrons. The van der Waals surface area contributed by atoms with Crippen LogP contribution in [0.4, 0.5) is 0 Å². The van der Waals surface area contributed by atoms with Crippen LogP contribution in [0.5, 0.6) is 5.75 Å². The first-order valence-corrected chi connectivity index (χ1v) is 6.88. The maximum atomic E-state index is 12.4. The van der Waals surface area contributed by atoms with Gasteiger partial charge in [0.1, 0.15) is 0 Å². The largest absolute Gasteiger partial charge is 0.503 e. The van der Waals surface area contributed by atoms with Gasteiger partial charge in [-0.15, -0.1) is 0 Å². The molecule has 0 aliphatic heterocycles. The number of fused-ring (bicyclic) bond motifs is 1. The quantitative estimate of drug-likeness (QED) is 0.721. The molecular weight excluding hydrogens is 276 g/mol. The number of aromatic hydroxyl groups is 1. The molecule has 108 valence electrons. The Morgan fingerprint density at radius 1 is 1.18 bits per heavy atom. The van der Waals surface area contributed by atoms with Crippen molar-refractivity contribution in [1.82, 2.24) is 4.98 Å². The van der Waals surface area contributed by atoms with Crippen molar-refractivity contribution in [2.75, 3.05) is 0 Å². The standard InChI is InChI=1S/C18H14N2O2/c1-10-4-3-5-12(6-10)16-18(22)17(21)14-8-13(9-19)11(2)7-15(14)20-16/h3-8,22H,1-2H3,(H,20,21). The lowest BCUT2D eigenvalue weighted by Crippen LogP contribution is -2.06. The topological polar surface area (TPSA) is 76.9 Å². The Kier molecular flexibility index (Phi) is 3.19. The number of hydrogen-bond donors (Lipinski definition) is 2. The highest BCUT2D eigenvalue weighted by Gasteiger charge is 2.14. The lowest BCUT2D eigenvalue weighted by Gasteiger charge is -2.09. The van der Waals surface area contributed by atoms with Gasteiger partial charge in [-0.3, -0.25) is 4.79 Å². The molecule has 22 heavy (non-hydrogen) atoms. The highest BCUT2D eigenvalue weighted by Crippen LogP contribution is 2.28. The molecule has 0 saturated heterocycles. The average Bonchev–Trinajstić information content (AvgIpc) is 2.50. The fourth-order valence-corrected chi connectivity index (χ4v) is 2.56. The molecule has 0 bridgehead atoms.